The van der Waals surface area contributed by atoms with Crippen LogP contribution in [0, 0.1) is 5.92 Å². The minimum atomic E-state index is -0.908. The Balaban J connectivity index is 2.02. The highest BCUT2D eigenvalue weighted by Gasteiger charge is 2.11. The summed E-state index contributed by atoms with van der Waals surface area (Å²) in [7, 11) is 0. The van der Waals surface area contributed by atoms with Gasteiger partial charge in [0.25, 0.3) is 5.56 Å². The summed E-state index contributed by atoms with van der Waals surface area (Å²) in [4.78, 5) is 34.6. The molecule has 0 radical (unpaired) electrons. The predicted molar refractivity (Wildman–Crippen MR) is 80.4 cm³/mol. The summed E-state index contributed by atoms with van der Waals surface area (Å²) in [5, 5.41) is 16.5. The fraction of sp³-hybridized carbons (Fsp3) is 0.333. The number of carboxylic acid groups (broad SMARTS) is 1. The third-order valence-corrected chi connectivity index (χ3v) is 3.23. The summed E-state index contributed by atoms with van der Waals surface area (Å²) in [5.41, 5.74) is -0.327. The Hall–Kier alpha value is -2.70. The van der Waals surface area contributed by atoms with Crippen molar-refractivity contribution >= 4 is 22.6 Å². The van der Waals surface area contributed by atoms with E-state index in [2.05, 4.69) is 10.4 Å². The molecule has 0 saturated carbocycles. The molecule has 1 unspecified atom stereocenters. The maximum Gasteiger partial charge on any atom is 0.303 e. The van der Waals surface area contributed by atoms with Crippen LogP contribution in [0.2, 0.25) is 0 Å². The van der Waals surface area contributed by atoms with E-state index in [4.69, 9.17) is 5.11 Å². The number of fused-ring (bicyclic) bond motifs is 1. The summed E-state index contributed by atoms with van der Waals surface area (Å²) < 4.78 is 1.10. The zero-order valence-corrected chi connectivity index (χ0v) is 12.2. The Kier molecular flexibility index (Phi) is 4.88. The molecule has 0 aliphatic heterocycles. The molecule has 0 saturated heterocycles. The molecular formula is C15H17N3O4. The van der Waals surface area contributed by atoms with Crippen molar-refractivity contribution in [3.05, 3.63) is 40.8 Å². The van der Waals surface area contributed by atoms with Crippen molar-refractivity contribution in [3.8, 4) is 0 Å². The SMILES string of the molecule is CC(CNC(=O)Cn1ncc2ccccc2c1=O)CC(=O)O. The number of carbonyl (C=O) groups excluding carboxylic acids is 1. The molecule has 1 aromatic heterocycles. The van der Waals surface area contributed by atoms with Crippen LogP contribution in [0.1, 0.15) is 13.3 Å². The molecule has 0 bridgehead atoms. The maximum absolute atomic E-state index is 12.2. The highest BCUT2D eigenvalue weighted by atomic mass is 16.4. The van der Waals surface area contributed by atoms with E-state index in [1.54, 1.807) is 25.1 Å². The summed E-state index contributed by atoms with van der Waals surface area (Å²) in [6.45, 7) is 1.78. The van der Waals surface area contributed by atoms with Gasteiger partial charge in [0.2, 0.25) is 5.91 Å². The van der Waals surface area contributed by atoms with Crippen LogP contribution < -0.4 is 10.9 Å². The van der Waals surface area contributed by atoms with Crippen LogP contribution >= 0.6 is 0 Å². The summed E-state index contributed by atoms with van der Waals surface area (Å²) in [6, 6.07) is 7.02. The van der Waals surface area contributed by atoms with Gasteiger partial charge in [0.05, 0.1) is 11.6 Å². The molecule has 2 rings (SSSR count). The second-order valence-electron chi connectivity index (χ2n) is 5.20. The van der Waals surface area contributed by atoms with Gasteiger partial charge >= 0.3 is 5.97 Å². The van der Waals surface area contributed by atoms with E-state index in [1.165, 1.54) is 6.20 Å². The number of benzene rings is 1. The number of carbonyl (C=O) groups is 2. The van der Waals surface area contributed by atoms with Gasteiger partial charge in [-0.15, -0.1) is 0 Å². The number of hydrogen-bond donors (Lipinski definition) is 2. The van der Waals surface area contributed by atoms with Crippen molar-refractivity contribution in [3.63, 3.8) is 0 Å². The maximum atomic E-state index is 12.2. The van der Waals surface area contributed by atoms with Crippen LogP contribution in [0.4, 0.5) is 0 Å². The van der Waals surface area contributed by atoms with Crippen LogP contribution in [0.5, 0.6) is 0 Å². The van der Waals surface area contributed by atoms with Gasteiger partial charge in [-0.3, -0.25) is 14.4 Å². The molecule has 116 valence electrons. The predicted octanol–water partition coefficient (Wildman–Crippen LogP) is 0.623. The quantitative estimate of drug-likeness (QED) is 0.814. The Morgan fingerprint density at radius 1 is 1.36 bits per heavy atom. The van der Waals surface area contributed by atoms with Gasteiger partial charge in [0.1, 0.15) is 6.54 Å². The van der Waals surface area contributed by atoms with Gasteiger partial charge < -0.3 is 10.4 Å². The number of hydrogen-bond acceptors (Lipinski definition) is 4. The van der Waals surface area contributed by atoms with Crippen LogP contribution in [-0.4, -0.2) is 33.3 Å². The Labute approximate surface area is 126 Å². The lowest BCUT2D eigenvalue weighted by Crippen LogP contribution is -2.35. The third-order valence-electron chi connectivity index (χ3n) is 3.23. The minimum absolute atomic E-state index is 0.0194. The topological polar surface area (TPSA) is 101 Å². The molecule has 0 aliphatic rings. The molecule has 0 spiro atoms. The number of nitrogens with zero attached hydrogens (tertiary/aromatic N) is 2. The smallest absolute Gasteiger partial charge is 0.303 e. The van der Waals surface area contributed by atoms with Crippen molar-refractivity contribution in [2.75, 3.05) is 6.54 Å². The first-order valence-corrected chi connectivity index (χ1v) is 6.90. The van der Waals surface area contributed by atoms with Gasteiger partial charge in [-0.05, 0) is 12.0 Å². The van der Waals surface area contributed by atoms with Crippen LogP contribution in [-0.2, 0) is 16.1 Å². The fourth-order valence-corrected chi connectivity index (χ4v) is 2.09. The Bertz CT molecular complexity index is 754. The molecule has 1 heterocycles. The zero-order valence-electron chi connectivity index (χ0n) is 12.2. The highest BCUT2D eigenvalue weighted by Crippen LogP contribution is 2.06. The van der Waals surface area contributed by atoms with Crippen molar-refractivity contribution in [2.24, 2.45) is 5.92 Å². The number of rotatable bonds is 6. The molecule has 2 N–H and O–H groups in total. The standard InChI is InChI=1S/C15H17N3O4/c1-10(6-14(20)21)7-16-13(19)9-18-15(22)12-5-3-2-4-11(12)8-17-18/h2-5,8,10H,6-7,9H2,1H3,(H,16,19)(H,20,21). The summed E-state index contributed by atoms with van der Waals surface area (Å²) in [6.07, 6.45) is 1.52. The van der Waals surface area contributed by atoms with E-state index in [1.807, 2.05) is 6.07 Å². The average molecular weight is 303 g/mol. The normalized spacial score (nSPS) is 12.0. The van der Waals surface area contributed by atoms with Crippen molar-refractivity contribution in [1.29, 1.82) is 0 Å². The first-order chi connectivity index (χ1) is 10.5. The second-order valence-corrected chi connectivity index (χ2v) is 5.20. The number of amides is 1. The largest absolute Gasteiger partial charge is 0.481 e. The van der Waals surface area contributed by atoms with Crippen molar-refractivity contribution in [1.82, 2.24) is 15.1 Å². The first-order valence-electron chi connectivity index (χ1n) is 6.90. The van der Waals surface area contributed by atoms with E-state index >= 15 is 0 Å². The lowest BCUT2D eigenvalue weighted by Gasteiger charge is -2.11. The van der Waals surface area contributed by atoms with Gasteiger partial charge in [-0.1, -0.05) is 25.1 Å². The van der Waals surface area contributed by atoms with E-state index in [-0.39, 0.29) is 36.9 Å². The number of nitrogens with one attached hydrogen (secondary N) is 1. The van der Waals surface area contributed by atoms with Gasteiger partial charge in [0, 0.05) is 18.4 Å². The zero-order chi connectivity index (χ0) is 16.1. The Morgan fingerprint density at radius 3 is 2.82 bits per heavy atom. The van der Waals surface area contributed by atoms with Gasteiger partial charge in [-0.2, -0.15) is 5.10 Å². The van der Waals surface area contributed by atoms with E-state index in [0.29, 0.717) is 5.39 Å². The molecule has 0 fully saturated rings. The van der Waals surface area contributed by atoms with Crippen molar-refractivity contribution < 1.29 is 14.7 Å². The molecule has 22 heavy (non-hydrogen) atoms. The first kappa shape index (κ1) is 15.7. The molecular weight excluding hydrogens is 286 g/mol. The van der Waals surface area contributed by atoms with Crippen LogP contribution in [0.3, 0.4) is 0 Å². The van der Waals surface area contributed by atoms with E-state index in [9.17, 15) is 14.4 Å². The average Bonchev–Trinajstić information content (AvgIpc) is 2.48. The lowest BCUT2D eigenvalue weighted by atomic mass is 10.1. The minimum Gasteiger partial charge on any atom is -0.481 e. The molecule has 1 amide bonds. The number of carboxylic acids is 1. The third kappa shape index (κ3) is 3.91. The number of aliphatic carboxylic acids is 1. The molecule has 2 aromatic rings. The summed E-state index contributed by atoms with van der Waals surface area (Å²) >= 11 is 0. The van der Waals surface area contributed by atoms with Crippen LogP contribution in [0.15, 0.2) is 35.3 Å². The number of aromatic nitrogens is 2. The van der Waals surface area contributed by atoms with E-state index < -0.39 is 5.97 Å². The Morgan fingerprint density at radius 2 is 2.09 bits per heavy atom. The monoisotopic (exact) mass is 303 g/mol. The molecule has 1 aromatic carbocycles. The van der Waals surface area contributed by atoms with Crippen molar-refractivity contribution in [2.45, 2.75) is 19.9 Å². The fourth-order valence-electron chi connectivity index (χ4n) is 2.09. The van der Waals surface area contributed by atoms with E-state index in [0.717, 1.165) is 10.1 Å². The molecule has 1 atom stereocenters. The molecule has 7 heteroatoms. The highest BCUT2D eigenvalue weighted by molar-refractivity contribution is 5.81. The van der Waals surface area contributed by atoms with Crippen LogP contribution in [0.25, 0.3) is 10.8 Å². The lowest BCUT2D eigenvalue weighted by molar-refractivity contribution is -0.138. The molecule has 0 aliphatic carbocycles. The summed E-state index contributed by atoms with van der Waals surface area (Å²) in [5.74, 6) is -1.46. The van der Waals surface area contributed by atoms with Gasteiger partial charge in [0.15, 0.2) is 0 Å². The second kappa shape index (κ2) is 6.84. The van der Waals surface area contributed by atoms with Gasteiger partial charge in [-0.25, -0.2) is 4.68 Å². The molecule has 7 nitrogen and oxygen atoms in total.